The second kappa shape index (κ2) is 4.21. The van der Waals surface area contributed by atoms with E-state index in [0.717, 1.165) is 6.42 Å². The lowest BCUT2D eigenvalue weighted by Gasteiger charge is -2.40. The monoisotopic (exact) mass is 212 g/mol. The Morgan fingerprint density at radius 1 is 1.47 bits per heavy atom. The first-order valence-electron chi connectivity index (χ1n) is 5.39. The summed E-state index contributed by atoms with van der Waals surface area (Å²) in [6.45, 7) is 8.90. The fourth-order valence-corrected chi connectivity index (χ4v) is 2.19. The molecule has 86 valence electrons. The van der Waals surface area contributed by atoms with E-state index >= 15 is 0 Å². The van der Waals surface area contributed by atoms with Crippen molar-refractivity contribution < 1.29 is 9.59 Å². The van der Waals surface area contributed by atoms with E-state index in [1.54, 1.807) is 11.8 Å². The van der Waals surface area contributed by atoms with Crippen LogP contribution in [0.2, 0.25) is 0 Å². The van der Waals surface area contributed by atoms with Crippen molar-refractivity contribution in [1.29, 1.82) is 0 Å². The van der Waals surface area contributed by atoms with E-state index in [2.05, 4.69) is 5.32 Å². The Balaban J connectivity index is 2.88. The molecule has 0 aromatic rings. The van der Waals surface area contributed by atoms with Crippen LogP contribution in [0.3, 0.4) is 0 Å². The van der Waals surface area contributed by atoms with Gasteiger partial charge in [0.1, 0.15) is 0 Å². The van der Waals surface area contributed by atoms with Gasteiger partial charge in [0.15, 0.2) is 5.78 Å². The summed E-state index contributed by atoms with van der Waals surface area (Å²) in [6.07, 6.45) is 0.908. The zero-order valence-electron chi connectivity index (χ0n) is 9.96. The summed E-state index contributed by atoms with van der Waals surface area (Å²) in [6, 6.07) is -0.436. The highest BCUT2D eigenvalue weighted by atomic mass is 16.2. The molecule has 15 heavy (non-hydrogen) atoms. The fourth-order valence-electron chi connectivity index (χ4n) is 2.19. The maximum atomic E-state index is 11.6. The molecular formula is C11H20N2O2. The third-order valence-electron chi connectivity index (χ3n) is 2.63. The van der Waals surface area contributed by atoms with E-state index in [1.807, 2.05) is 20.8 Å². The third kappa shape index (κ3) is 2.70. The number of carbonyl (C=O) groups excluding carboxylic acids is 2. The van der Waals surface area contributed by atoms with Crippen LogP contribution in [0.1, 0.15) is 34.1 Å². The van der Waals surface area contributed by atoms with Gasteiger partial charge in [0, 0.05) is 13.1 Å². The molecule has 0 radical (unpaired) electrons. The van der Waals surface area contributed by atoms with Crippen molar-refractivity contribution in [1.82, 2.24) is 10.2 Å². The average Bonchev–Trinajstić information content (AvgIpc) is 2.05. The van der Waals surface area contributed by atoms with Crippen LogP contribution in [-0.4, -0.2) is 35.8 Å². The van der Waals surface area contributed by atoms with Gasteiger partial charge in [-0.3, -0.25) is 4.79 Å². The van der Waals surface area contributed by atoms with Crippen molar-refractivity contribution in [2.75, 3.05) is 13.1 Å². The SMILES string of the molecule is CC(=O)C(N1CCCNC1=O)C(C)(C)C. The molecule has 1 aliphatic rings. The number of rotatable bonds is 2. The summed E-state index contributed by atoms with van der Waals surface area (Å²) in [5, 5.41) is 2.77. The first kappa shape index (κ1) is 12.0. The summed E-state index contributed by atoms with van der Waals surface area (Å²) in [5.41, 5.74) is -0.208. The predicted octanol–water partition coefficient (Wildman–Crippen LogP) is 1.41. The molecule has 4 heteroatoms. The molecule has 1 fully saturated rings. The van der Waals surface area contributed by atoms with Crippen LogP contribution in [0.25, 0.3) is 0 Å². The normalized spacial score (nSPS) is 19.7. The standard InChI is InChI=1S/C11H20N2O2/c1-8(14)9(11(2,3)4)13-7-5-6-12-10(13)15/h9H,5-7H2,1-4H3,(H,12,15). The summed E-state index contributed by atoms with van der Waals surface area (Å²) in [7, 11) is 0. The number of ketones is 1. The van der Waals surface area contributed by atoms with E-state index < -0.39 is 0 Å². The average molecular weight is 212 g/mol. The van der Waals surface area contributed by atoms with Crippen LogP contribution in [0, 0.1) is 5.41 Å². The molecule has 0 spiro atoms. The molecule has 1 N–H and O–H groups in total. The van der Waals surface area contributed by atoms with Gasteiger partial charge in [-0.25, -0.2) is 4.79 Å². The molecule has 0 saturated carbocycles. The molecule has 0 aromatic heterocycles. The second-order valence-corrected chi connectivity index (χ2v) is 5.16. The minimum Gasteiger partial charge on any atom is -0.338 e. The highest BCUT2D eigenvalue weighted by Crippen LogP contribution is 2.26. The predicted molar refractivity (Wildman–Crippen MR) is 58.6 cm³/mol. The highest BCUT2D eigenvalue weighted by molar-refractivity contribution is 5.87. The highest BCUT2D eigenvalue weighted by Gasteiger charge is 2.37. The lowest BCUT2D eigenvalue weighted by Crippen LogP contribution is -2.57. The minimum atomic E-state index is -0.321. The van der Waals surface area contributed by atoms with Crippen LogP contribution in [-0.2, 0) is 4.79 Å². The van der Waals surface area contributed by atoms with Gasteiger partial charge in [-0.05, 0) is 18.8 Å². The molecule has 4 nitrogen and oxygen atoms in total. The summed E-state index contributed by atoms with van der Waals surface area (Å²) >= 11 is 0. The van der Waals surface area contributed by atoms with Crippen molar-refractivity contribution in [2.45, 2.75) is 40.2 Å². The van der Waals surface area contributed by atoms with E-state index in [-0.39, 0.29) is 23.3 Å². The molecule has 0 aromatic carbocycles. The Bertz CT molecular complexity index is 268. The van der Waals surface area contributed by atoms with Crippen molar-refractivity contribution in [3.63, 3.8) is 0 Å². The first-order chi connectivity index (χ1) is 6.84. The zero-order chi connectivity index (χ0) is 11.6. The number of amides is 2. The Labute approximate surface area is 91.0 Å². The van der Waals surface area contributed by atoms with Crippen LogP contribution >= 0.6 is 0 Å². The van der Waals surface area contributed by atoms with Gasteiger partial charge >= 0.3 is 6.03 Å². The molecule has 1 saturated heterocycles. The maximum Gasteiger partial charge on any atom is 0.318 e. The Hall–Kier alpha value is -1.06. The van der Waals surface area contributed by atoms with Gasteiger partial charge in [0.2, 0.25) is 0 Å². The third-order valence-corrected chi connectivity index (χ3v) is 2.63. The lowest BCUT2D eigenvalue weighted by atomic mass is 9.83. The van der Waals surface area contributed by atoms with E-state index in [1.165, 1.54) is 0 Å². The summed E-state index contributed by atoms with van der Waals surface area (Å²) < 4.78 is 0. The zero-order valence-corrected chi connectivity index (χ0v) is 9.96. The van der Waals surface area contributed by atoms with Crippen LogP contribution < -0.4 is 5.32 Å². The molecule has 0 bridgehead atoms. The van der Waals surface area contributed by atoms with Gasteiger partial charge < -0.3 is 10.2 Å². The quantitative estimate of drug-likeness (QED) is 0.752. The molecule has 1 aliphatic heterocycles. The molecule has 1 heterocycles. The molecule has 1 unspecified atom stereocenters. The van der Waals surface area contributed by atoms with Gasteiger partial charge in [-0.1, -0.05) is 20.8 Å². The minimum absolute atomic E-state index is 0.0551. The Kier molecular flexibility index (Phi) is 3.37. The molecule has 1 atom stereocenters. The largest absolute Gasteiger partial charge is 0.338 e. The number of hydrogen-bond acceptors (Lipinski definition) is 2. The Morgan fingerprint density at radius 3 is 2.47 bits per heavy atom. The number of Topliss-reactive ketones (excluding diaryl/α,β-unsaturated/α-hetero) is 1. The van der Waals surface area contributed by atoms with Crippen LogP contribution in [0.15, 0.2) is 0 Å². The second-order valence-electron chi connectivity index (χ2n) is 5.16. The Morgan fingerprint density at radius 2 is 2.07 bits per heavy atom. The lowest BCUT2D eigenvalue weighted by molar-refractivity contribution is -0.124. The number of urea groups is 1. The van der Waals surface area contributed by atoms with Crippen molar-refractivity contribution >= 4 is 11.8 Å². The summed E-state index contributed by atoms with van der Waals surface area (Å²) in [4.78, 5) is 24.9. The van der Waals surface area contributed by atoms with Gasteiger partial charge in [-0.2, -0.15) is 0 Å². The van der Waals surface area contributed by atoms with Gasteiger partial charge in [0.25, 0.3) is 0 Å². The number of nitrogens with one attached hydrogen (secondary N) is 1. The number of nitrogens with zero attached hydrogens (tertiary/aromatic N) is 1. The van der Waals surface area contributed by atoms with Crippen LogP contribution in [0.5, 0.6) is 0 Å². The molecular weight excluding hydrogens is 192 g/mol. The van der Waals surface area contributed by atoms with Crippen LogP contribution in [0.4, 0.5) is 4.79 Å². The molecule has 2 amide bonds. The van der Waals surface area contributed by atoms with Crippen molar-refractivity contribution in [2.24, 2.45) is 5.41 Å². The van der Waals surface area contributed by atoms with Crippen molar-refractivity contribution in [3.05, 3.63) is 0 Å². The fraction of sp³-hybridized carbons (Fsp3) is 0.818. The molecule has 0 aliphatic carbocycles. The number of carbonyl (C=O) groups is 2. The van der Waals surface area contributed by atoms with Gasteiger partial charge in [-0.15, -0.1) is 0 Å². The van der Waals surface area contributed by atoms with E-state index in [0.29, 0.717) is 13.1 Å². The first-order valence-corrected chi connectivity index (χ1v) is 5.39. The number of hydrogen-bond donors (Lipinski definition) is 1. The smallest absolute Gasteiger partial charge is 0.318 e. The maximum absolute atomic E-state index is 11.6. The van der Waals surface area contributed by atoms with Gasteiger partial charge in [0.05, 0.1) is 6.04 Å². The van der Waals surface area contributed by atoms with E-state index in [9.17, 15) is 9.59 Å². The summed E-state index contributed by atoms with van der Waals surface area (Å²) in [5.74, 6) is 0.0551. The van der Waals surface area contributed by atoms with Crippen molar-refractivity contribution in [3.8, 4) is 0 Å². The van der Waals surface area contributed by atoms with E-state index in [4.69, 9.17) is 0 Å². The molecule has 1 rings (SSSR count). The topological polar surface area (TPSA) is 49.4 Å².